The maximum Gasteiger partial charge on any atom is 0.273 e. The summed E-state index contributed by atoms with van der Waals surface area (Å²) in [5.74, 6) is 0.0537. The van der Waals surface area contributed by atoms with Gasteiger partial charge in [0.1, 0.15) is 10.7 Å². The van der Waals surface area contributed by atoms with Gasteiger partial charge in [-0.2, -0.15) is 0 Å². The van der Waals surface area contributed by atoms with Crippen LogP contribution in [-0.4, -0.2) is 28.4 Å². The van der Waals surface area contributed by atoms with Gasteiger partial charge in [-0.25, -0.2) is 4.98 Å². The molecule has 0 saturated heterocycles. The third-order valence-corrected chi connectivity index (χ3v) is 4.32. The number of aromatic nitrogens is 1. The van der Waals surface area contributed by atoms with Crippen LogP contribution >= 0.6 is 11.3 Å². The number of nitrogens with two attached hydrogens (primary N) is 1. The Labute approximate surface area is 126 Å². The number of carbonyl (C=O) groups excluding carboxylic acids is 1. The van der Waals surface area contributed by atoms with Gasteiger partial charge in [0, 0.05) is 24.5 Å². The molecule has 1 rings (SSSR count). The van der Waals surface area contributed by atoms with Crippen molar-refractivity contribution in [2.45, 2.75) is 65.5 Å². The number of nitrogens with zero attached hydrogens (tertiary/aromatic N) is 2. The SMILES string of the molecule is CCCCCN(C(=O)c1csc(CN)n1)C(C)CCC. The second-order valence-electron chi connectivity index (χ2n) is 5.17. The normalized spacial score (nSPS) is 12.4. The van der Waals surface area contributed by atoms with Crippen LogP contribution in [0.25, 0.3) is 0 Å². The van der Waals surface area contributed by atoms with E-state index in [1.807, 2.05) is 10.3 Å². The van der Waals surface area contributed by atoms with E-state index < -0.39 is 0 Å². The summed E-state index contributed by atoms with van der Waals surface area (Å²) in [4.78, 5) is 18.9. The lowest BCUT2D eigenvalue weighted by Gasteiger charge is -2.28. The van der Waals surface area contributed by atoms with Crippen molar-refractivity contribution < 1.29 is 4.79 Å². The molecular weight excluding hydrogens is 270 g/mol. The number of hydrogen-bond donors (Lipinski definition) is 1. The first-order valence-corrected chi connectivity index (χ1v) is 8.47. The quantitative estimate of drug-likeness (QED) is 0.710. The molecule has 2 N–H and O–H groups in total. The fourth-order valence-electron chi connectivity index (χ4n) is 2.28. The molecule has 1 amide bonds. The van der Waals surface area contributed by atoms with E-state index in [-0.39, 0.29) is 11.9 Å². The fraction of sp³-hybridized carbons (Fsp3) is 0.733. The number of amides is 1. The minimum Gasteiger partial charge on any atom is -0.335 e. The standard InChI is InChI=1S/C15H27N3OS/c1-4-6-7-9-18(12(3)8-5-2)15(19)13-11-20-14(10-16)17-13/h11-12H,4-10,16H2,1-3H3. The molecule has 1 aromatic rings. The smallest absolute Gasteiger partial charge is 0.273 e. The number of carbonyl (C=O) groups is 1. The summed E-state index contributed by atoms with van der Waals surface area (Å²) in [5, 5.41) is 2.65. The van der Waals surface area contributed by atoms with Crippen molar-refractivity contribution in [2.75, 3.05) is 6.54 Å². The zero-order chi connectivity index (χ0) is 15.0. The molecule has 1 atom stereocenters. The Hall–Kier alpha value is -0.940. The Balaban J connectivity index is 2.76. The van der Waals surface area contributed by atoms with Crippen LogP contribution in [0, 0.1) is 0 Å². The van der Waals surface area contributed by atoms with Crippen molar-refractivity contribution >= 4 is 17.2 Å². The molecule has 4 nitrogen and oxygen atoms in total. The first-order chi connectivity index (χ1) is 9.63. The van der Waals surface area contributed by atoms with E-state index in [0.717, 1.165) is 43.7 Å². The molecule has 0 aromatic carbocycles. The highest BCUT2D eigenvalue weighted by Gasteiger charge is 2.22. The van der Waals surface area contributed by atoms with Crippen LogP contribution in [0.5, 0.6) is 0 Å². The first-order valence-electron chi connectivity index (χ1n) is 7.59. The van der Waals surface area contributed by atoms with Crippen LogP contribution in [0.15, 0.2) is 5.38 Å². The van der Waals surface area contributed by atoms with Gasteiger partial charge in [-0.3, -0.25) is 4.79 Å². The maximum absolute atomic E-state index is 12.6. The Kier molecular flexibility index (Phi) is 7.77. The van der Waals surface area contributed by atoms with Gasteiger partial charge in [0.15, 0.2) is 0 Å². The molecule has 5 heteroatoms. The first kappa shape index (κ1) is 17.1. The summed E-state index contributed by atoms with van der Waals surface area (Å²) < 4.78 is 0. The molecule has 114 valence electrons. The summed E-state index contributed by atoms with van der Waals surface area (Å²) in [6.45, 7) is 7.68. The van der Waals surface area contributed by atoms with Gasteiger partial charge in [0.25, 0.3) is 5.91 Å². The summed E-state index contributed by atoms with van der Waals surface area (Å²) >= 11 is 1.47. The summed E-state index contributed by atoms with van der Waals surface area (Å²) in [5.41, 5.74) is 6.12. The number of rotatable bonds is 9. The van der Waals surface area contributed by atoms with Crippen molar-refractivity contribution in [3.63, 3.8) is 0 Å². The maximum atomic E-state index is 12.6. The molecule has 0 aliphatic carbocycles. The van der Waals surface area contributed by atoms with Crippen LogP contribution < -0.4 is 5.73 Å². The summed E-state index contributed by atoms with van der Waals surface area (Å²) in [7, 11) is 0. The second kappa shape index (κ2) is 9.08. The lowest BCUT2D eigenvalue weighted by Crippen LogP contribution is -2.39. The molecule has 0 bridgehead atoms. The van der Waals surface area contributed by atoms with Gasteiger partial charge in [0.05, 0.1) is 0 Å². The van der Waals surface area contributed by atoms with Gasteiger partial charge in [-0.1, -0.05) is 33.1 Å². The van der Waals surface area contributed by atoms with E-state index in [0.29, 0.717) is 12.2 Å². The van der Waals surface area contributed by atoms with Crippen LogP contribution in [0.1, 0.15) is 68.4 Å². The van der Waals surface area contributed by atoms with Gasteiger partial charge in [0.2, 0.25) is 0 Å². The van der Waals surface area contributed by atoms with E-state index >= 15 is 0 Å². The number of thiazole rings is 1. The van der Waals surface area contributed by atoms with Gasteiger partial charge in [-0.05, 0) is 19.8 Å². The molecule has 0 saturated carbocycles. The largest absolute Gasteiger partial charge is 0.335 e. The monoisotopic (exact) mass is 297 g/mol. The minimum atomic E-state index is 0.0537. The number of unbranched alkanes of at least 4 members (excludes halogenated alkanes) is 2. The Morgan fingerprint density at radius 1 is 1.40 bits per heavy atom. The van der Waals surface area contributed by atoms with Crippen molar-refractivity contribution in [2.24, 2.45) is 5.73 Å². The predicted molar refractivity (Wildman–Crippen MR) is 84.9 cm³/mol. The Morgan fingerprint density at radius 3 is 2.70 bits per heavy atom. The molecule has 0 fully saturated rings. The molecule has 0 aliphatic heterocycles. The number of hydrogen-bond acceptors (Lipinski definition) is 4. The molecule has 1 unspecified atom stereocenters. The van der Waals surface area contributed by atoms with Crippen LogP contribution in [0.2, 0.25) is 0 Å². The topological polar surface area (TPSA) is 59.2 Å². The third kappa shape index (κ3) is 4.87. The van der Waals surface area contributed by atoms with Gasteiger partial charge in [-0.15, -0.1) is 11.3 Å². The highest BCUT2D eigenvalue weighted by Crippen LogP contribution is 2.16. The summed E-state index contributed by atoms with van der Waals surface area (Å²) in [6.07, 6.45) is 5.51. The van der Waals surface area contributed by atoms with E-state index in [9.17, 15) is 4.79 Å². The lowest BCUT2D eigenvalue weighted by molar-refractivity contribution is 0.0674. The molecule has 0 aliphatic rings. The average molecular weight is 297 g/mol. The highest BCUT2D eigenvalue weighted by molar-refractivity contribution is 7.09. The molecule has 1 heterocycles. The average Bonchev–Trinajstić information content (AvgIpc) is 2.92. The fourth-order valence-corrected chi connectivity index (χ4v) is 2.93. The van der Waals surface area contributed by atoms with Gasteiger partial charge >= 0.3 is 0 Å². The van der Waals surface area contributed by atoms with Crippen molar-refractivity contribution in [3.05, 3.63) is 16.1 Å². The molecule has 0 spiro atoms. The van der Waals surface area contributed by atoms with Crippen LogP contribution in [-0.2, 0) is 6.54 Å². The summed E-state index contributed by atoms with van der Waals surface area (Å²) in [6, 6.07) is 0.271. The Morgan fingerprint density at radius 2 is 2.15 bits per heavy atom. The molecular formula is C15H27N3OS. The molecule has 0 radical (unpaired) electrons. The molecule has 20 heavy (non-hydrogen) atoms. The zero-order valence-electron chi connectivity index (χ0n) is 12.9. The second-order valence-corrected chi connectivity index (χ2v) is 6.12. The van der Waals surface area contributed by atoms with Crippen molar-refractivity contribution in [1.82, 2.24) is 9.88 Å². The third-order valence-electron chi connectivity index (χ3n) is 3.45. The highest BCUT2D eigenvalue weighted by atomic mass is 32.1. The van der Waals surface area contributed by atoms with E-state index in [1.54, 1.807) is 0 Å². The lowest BCUT2D eigenvalue weighted by atomic mass is 10.1. The zero-order valence-corrected chi connectivity index (χ0v) is 13.7. The van der Waals surface area contributed by atoms with E-state index in [1.165, 1.54) is 11.3 Å². The predicted octanol–water partition coefficient (Wildman–Crippen LogP) is 3.42. The van der Waals surface area contributed by atoms with Crippen molar-refractivity contribution in [1.29, 1.82) is 0 Å². The van der Waals surface area contributed by atoms with E-state index in [2.05, 4.69) is 25.8 Å². The van der Waals surface area contributed by atoms with E-state index in [4.69, 9.17) is 5.73 Å². The van der Waals surface area contributed by atoms with Crippen LogP contribution in [0.4, 0.5) is 0 Å². The molecule has 1 aromatic heterocycles. The van der Waals surface area contributed by atoms with Gasteiger partial charge < -0.3 is 10.6 Å². The van der Waals surface area contributed by atoms with Crippen molar-refractivity contribution in [3.8, 4) is 0 Å². The van der Waals surface area contributed by atoms with Crippen LogP contribution in [0.3, 0.4) is 0 Å². The minimum absolute atomic E-state index is 0.0537. The Bertz CT molecular complexity index is 406.